The first kappa shape index (κ1) is 29.4. The molecule has 10 heteroatoms. The van der Waals surface area contributed by atoms with E-state index in [1.54, 1.807) is 17.7 Å². The zero-order valence-electron chi connectivity index (χ0n) is 22.4. The lowest BCUT2D eigenvalue weighted by molar-refractivity contribution is -0.176. The SMILES string of the molecule is CNC1CCc2cc3c(cc2C1)OCC3.O=C(OC(C(=O)O)(C(=O)c1ccccc1)C(O)C(=O)O)c1ccccc1. The molecule has 0 aromatic heterocycles. The van der Waals surface area contributed by atoms with Crippen LogP contribution in [0.3, 0.4) is 0 Å². The normalized spacial score (nSPS) is 17.3. The number of carbonyl (C=O) groups excluding carboxylic acids is 2. The van der Waals surface area contributed by atoms with Gasteiger partial charge in [-0.1, -0.05) is 54.6 Å². The number of esters is 1. The zero-order valence-corrected chi connectivity index (χ0v) is 22.4. The number of aliphatic carboxylic acids is 2. The summed E-state index contributed by atoms with van der Waals surface area (Å²) in [5, 5.41) is 32.0. The minimum atomic E-state index is -3.35. The predicted molar refractivity (Wildman–Crippen MR) is 147 cm³/mol. The van der Waals surface area contributed by atoms with Gasteiger partial charge in [0.1, 0.15) is 5.75 Å². The highest BCUT2D eigenvalue weighted by molar-refractivity contribution is 6.19. The standard InChI is InChI=1S/C18H14O8.C13H17NO/c19-13(11-7-3-1-4-8-11)18(17(24)25,14(20)15(21)22)26-16(23)12-9-5-2-6-10-12;1-14-12-3-2-9-6-10-4-5-15-13(10)8-11(9)7-12/h1-10,14,20H,(H,21,22)(H,24,25);6,8,12,14H,2-5,7H2,1H3. The number of Topliss-reactive ketones (excluding diaryl/α,β-unsaturated/α-hetero) is 1. The molecule has 214 valence electrons. The number of aliphatic hydroxyl groups is 1. The molecule has 41 heavy (non-hydrogen) atoms. The summed E-state index contributed by atoms with van der Waals surface area (Å²) in [5.41, 5.74) is 0.747. The molecule has 0 radical (unpaired) electrons. The summed E-state index contributed by atoms with van der Waals surface area (Å²) in [6.45, 7) is 0.869. The average Bonchev–Trinajstić information content (AvgIpc) is 3.46. The van der Waals surface area contributed by atoms with Gasteiger partial charge in [-0.15, -0.1) is 0 Å². The molecule has 0 fully saturated rings. The van der Waals surface area contributed by atoms with E-state index in [-0.39, 0.29) is 11.1 Å². The molecule has 1 heterocycles. The van der Waals surface area contributed by atoms with Crippen molar-refractivity contribution in [2.75, 3.05) is 13.7 Å². The lowest BCUT2D eigenvalue weighted by atomic mass is 9.87. The van der Waals surface area contributed by atoms with Gasteiger partial charge in [-0.05, 0) is 61.2 Å². The third kappa shape index (κ3) is 6.29. The molecule has 3 aromatic carbocycles. The number of aliphatic hydroxyl groups excluding tert-OH is 1. The summed E-state index contributed by atoms with van der Waals surface area (Å²) >= 11 is 0. The maximum Gasteiger partial charge on any atom is 0.360 e. The van der Waals surface area contributed by atoms with Gasteiger partial charge in [0, 0.05) is 18.0 Å². The van der Waals surface area contributed by atoms with E-state index >= 15 is 0 Å². The summed E-state index contributed by atoms with van der Waals surface area (Å²) in [6.07, 6.45) is 1.91. The van der Waals surface area contributed by atoms with Gasteiger partial charge >= 0.3 is 23.5 Å². The second-order valence-corrected chi connectivity index (χ2v) is 9.79. The fourth-order valence-electron chi connectivity index (χ4n) is 4.93. The van der Waals surface area contributed by atoms with Crippen LogP contribution < -0.4 is 10.1 Å². The van der Waals surface area contributed by atoms with Crippen LogP contribution in [0.2, 0.25) is 0 Å². The van der Waals surface area contributed by atoms with Crippen LogP contribution in [0.15, 0.2) is 72.8 Å². The van der Waals surface area contributed by atoms with Crippen molar-refractivity contribution < 1.29 is 44.0 Å². The Bertz CT molecular complexity index is 1420. The van der Waals surface area contributed by atoms with E-state index in [0.717, 1.165) is 25.2 Å². The highest BCUT2D eigenvalue weighted by Crippen LogP contribution is 2.32. The lowest BCUT2D eigenvalue weighted by Gasteiger charge is -2.30. The molecule has 0 saturated carbocycles. The number of hydrogen-bond acceptors (Lipinski definition) is 8. The van der Waals surface area contributed by atoms with E-state index in [0.29, 0.717) is 6.04 Å². The fraction of sp³-hybridized carbons (Fsp3) is 0.290. The average molecular weight is 562 g/mol. The monoisotopic (exact) mass is 561 g/mol. The van der Waals surface area contributed by atoms with Crippen molar-refractivity contribution in [1.29, 1.82) is 0 Å². The second kappa shape index (κ2) is 12.8. The Morgan fingerprint density at radius 2 is 1.54 bits per heavy atom. The van der Waals surface area contributed by atoms with Crippen molar-refractivity contribution in [2.45, 2.75) is 43.4 Å². The Kier molecular flexibility index (Phi) is 9.16. The third-order valence-corrected chi connectivity index (χ3v) is 7.22. The van der Waals surface area contributed by atoms with Crippen LogP contribution >= 0.6 is 0 Å². The van der Waals surface area contributed by atoms with E-state index < -0.39 is 35.4 Å². The van der Waals surface area contributed by atoms with Gasteiger partial charge in [-0.25, -0.2) is 14.4 Å². The largest absolute Gasteiger partial charge is 0.493 e. The van der Waals surface area contributed by atoms with Gasteiger partial charge in [-0.3, -0.25) is 4.79 Å². The highest BCUT2D eigenvalue weighted by atomic mass is 16.6. The number of ether oxygens (including phenoxy) is 2. The molecule has 0 spiro atoms. The molecule has 3 unspecified atom stereocenters. The Morgan fingerprint density at radius 3 is 2.12 bits per heavy atom. The number of ketones is 1. The minimum Gasteiger partial charge on any atom is -0.493 e. The molecule has 0 bridgehead atoms. The molecular formula is C31H31NO9. The van der Waals surface area contributed by atoms with E-state index in [1.165, 1.54) is 72.5 Å². The van der Waals surface area contributed by atoms with E-state index in [4.69, 9.17) is 14.6 Å². The van der Waals surface area contributed by atoms with Crippen molar-refractivity contribution in [3.8, 4) is 5.75 Å². The van der Waals surface area contributed by atoms with Crippen molar-refractivity contribution in [1.82, 2.24) is 5.32 Å². The predicted octanol–water partition coefficient (Wildman–Crippen LogP) is 2.69. The Morgan fingerprint density at radius 1 is 0.902 bits per heavy atom. The van der Waals surface area contributed by atoms with Crippen molar-refractivity contribution in [3.63, 3.8) is 0 Å². The van der Waals surface area contributed by atoms with Gasteiger partial charge in [0.15, 0.2) is 0 Å². The molecule has 1 aliphatic carbocycles. The number of benzene rings is 3. The number of carboxylic acid groups (broad SMARTS) is 2. The van der Waals surface area contributed by atoms with Crippen LogP contribution in [-0.4, -0.2) is 70.4 Å². The third-order valence-electron chi connectivity index (χ3n) is 7.22. The Labute approximate surface area is 236 Å². The maximum absolute atomic E-state index is 12.7. The topological polar surface area (TPSA) is 159 Å². The molecule has 3 atom stereocenters. The maximum atomic E-state index is 12.7. The summed E-state index contributed by atoms with van der Waals surface area (Å²) < 4.78 is 10.4. The highest BCUT2D eigenvalue weighted by Gasteiger charge is 2.59. The van der Waals surface area contributed by atoms with Gasteiger partial charge in [0.05, 0.1) is 12.2 Å². The number of fused-ring (bicyclic) bond motifs is 2. The van der Waals surface area contributed by atoms with Gasteiger partial charge < -0.3 is 30.1 Å². The number of hydrogen-bond donors (Lipinski definition) is 4. The van der Waals surface area contributed by atoms with Crippen LogP contribution in [0.25, 0.3) is 0 Å². The number of rotatable bonds is 8. The van der Waals surface area contributed by atoms with Crippen molar-refractivity contribution in [3.05, 3.63) is 101 Å². The first-order valence-corrected chi connectivity index (χ1v) is 13.1. The molecule has 2 aliphatic rings. The Balaban J connectivity index is 0.000000216. The molecule has 3 aromatic rings. The number of carbonyl (C=O) groups is 4. The number of nitrogens with one attached hydrogen (secondary N) is 1. The summed E-state index contributed by atoms with van der Waals surface area (Å²) in [6, 6.07) is 19.2. The molecule has 4 N–H and O–H groups in total. The van der Waals surface area contributed by atoms with Gasteiger partial charge in [0.2, 0.25) is 11.9 Å². The number of likely N-dealkylation sites (N-methyl/N-ethyl adjacent to an activating group) is 1. The molecule has 0 saturated heterocycles. The molecular weight excluding hydrogens is 530 g/mol. The van der Waals surface area contributed by atoms with Gasteiger partial charge in [-0.2, -0.15) is 0 Å². The first-order valence-electron chi connectivity index (χ1n) is 13.1. The van der Waals surface area contributed by atoms with Crippen LogP contribution in [0.4, 0.5) is 0 Å². The lowest BCUT2D eigenvalue weighted by Crippen LogP contribution is -2.61. The second-order valence-electron chi connectivity index (χ2n) is 9.79. The molecule has 5 rings (SSSR count). The van der Waals surface area contributed by atoms with Crippen LogP contribution in [-0.2, 0) is 33.6 Å². The number of aryl methyl sites for hydroxylation is 1. The van der Waals surface area contributed by atoms with Crippen molar-refractivity contribution >= 4 is 23.7 Å². The summed E-state index contributed by atoms with van der Waals surface area (Å²) in [7, 11) is 2.06. The van der Waals surface area contributed by atoms with E-state index in [1.807, 2.05) is 0 Å². The quantitative estimate of drug-likeness (QED) is 0.183. The smallest absolute Gasteiger partial charge is 0.360 e. The van der Waals surface area contributed by atoms with Crippen LogP contribution in [0, 0.1) is 0 Å². The molecule has 1 aliphatic heterocycles. The van der Waals surface area contributed by atoms with E-state index in [2.05, 4.69) is 24.5 Å². The van der Waals surface area contributed by atoms with Crippen LogP contribution in [0.5, 0.6) is 5.75 Å². The van der Waals surface area contributed by atoms with Gasteiger partial charge in [0.25, 0.3) is 0 Å². The summed E-state index contributed by atoms with van der Waals surface area (Å²) in [5.74, 6) is -5.64. The minimum absolute atomic E-state index is 0.114. The van der Waals surface area contributed by atoms with Crippen molar-refractivity contribution in [2.24, 2.45) is 0 Å². The Hall–Kier alpha value is -4.54. The molecule has 0 amide bonds. The van der Waals surface area contributed by atoms with E-state index in [9.17, 15) is 29.4 Å². The van der Waals surface area contributed by atoms with Crippen LogP contribution in [0.1, 0.15) is 43.8 Å². The summed E-state index contributed by atoms with van der Waals surface area (Å²) in [4.78, 5) is 48.1. The zero-order chi connectivity index (χ0) is 29.6. The first-order chi connectivity index (χ1) is 19.7. The number of carboxylic acids is 2. The molecule has 10 nitrogen and oxygen atoms in total. The fourth-order valence-corrected chi connectivity index (χ4v) is 4.93.